The van der Waals surface area contributed by atoms with Crippen LogP contribution >= 0.6 is 24.2 Å². The fraction of sp³-hybridized carbons (Fsp3) is 0.308. The number of hydrogen-bond acceptors (Lipinski definition) is 6. The molecule has 0 saturated carbocycles. The minimum Gasteiger partial charge on any atom is -0.342 e. The Morgan fingerprint density at radius 1 is 1.43 bits per heavy atom. The molecular weight excluding hydrogens is 312 g/mol. The summed E-state index contributed by atoms with van der Waals surface area (Å²) in [5.41, 5.74) is 7.32. The molecule has 0 aliphatic carbocycles. The van der Waals surface area contributed by atoms with E-state index in [1.165, 1.54) is 6.39 Å². The van der Waals surface area contributed by atoms with Crippen LogP contribution in [0.4, 0.5) is 5.69 Å². The molecule has 1 aromatic carbocycles. The number of aromatic nitrogens is 2. The molecule has 21 heavy (non-hydrogen) atoms. The highest BCUT2D eigenvalue weighted by Gasteiger charge is 2.13. The van der Waals surface area contributed by atoms with Gasteiger partial charge in [0, 0.05) is 11.3 Å². The maximum atomic E-state index is 11.8. The number of nitrogens with two attached hydrogens (primary N) is 1. The summed E-state index contributed by atoms with van der Waals surface area (Å²) in [6.45, 7) is 0. The quantitative estimate of drug-likeness (QED) is 0.844. The van der Waals surface area contributed by atoms with Gasteiger partial charge in [-0.1, -0.05) is 5.16 Å². The average molecular weight is 329 g/mol. The van der Waals surface area contributed by atoms with E-state index in [1.807, 2.05) is 18.4 Å². The molecule has 0 fully saturated rings. The van der Waals surface area contributed by atoms with E-state index in [4.69, 9.17) is 5.73 Å². The van der Waals surface area contributed by atoms with Crippen molar-refractivity contribution < 1.29 is 9.32 Å². The summed E-state index contributed by atoms with van der Waals surface area (Å²) in [5.74, 6) is 1.21. The van der Waals surface area contributed by atoms with Crippen molar-refractivity contribution >= 4 is 35.8 Å². The summed E-state index contributed by atoms with van der Waals surface area (Å²) in [6, 6.07) is 6.71. The monoisotopic (exact) mass is 328 g/mol. The predicted molar refractivity (Wildman–Crippen MR) is 86.6 cm³/mol. The van der Waals surface area contributed by atoms with Crippen molar-refractivity contribution in [2.75, 3.05) is 17.3 Å². The second kappa shape index (κ2) is 8.66. The van der Waals surface area contributed by atoms with E-state index in [0.29, 0.717) is 17.9 Å². The molecule has 6 nitrogen and oxygen atoms in total. The molecule has 2 rings (SSSR count). The van der Waals surface area contributed by atoms with Gasteiger partial charge in [-0.25, -0.2) is 0 Å². The summed E-state index contributed by atoms with van der Waals surface area (Å²) in [7, 11) is 0. The van der Waals surface area contributed by atoms with Gasteiger partial charge in [-0.2, -0.15) is 16.7 Å². The molecule has 114 valence electrons. The zero-order valence-corrected chi connectivity index (χ0v) is 13.1. The van der Waals surface area contributed by atoms with Crippen LogP contribution in [-0.4, -0.2) is 34.1 Å². The molecule has 2 aromatic rings. The van der Waals surface area contributed by atoms with Crippen molar-refractivity contribution in [3.63, 3.8) is 0 Å². The first-order chi connectivity index (χ1) is 9.70. The van der Waals surface area contributed by atoms with Crippen LogP contribution in [0.1, 0.15) is 6.42 Å². The standard InChI is InChI=1S/C13H16N4O2S.ClH/c1-20-7-6-11(14)13(18)16-10-4-2-9(3-5-10)12-15-8-19-17-12;/h2-5,8,11H,6-7,14H2,1H3,(H,16,18);1H/t11-;/m0./s1. The van der Waals surface area contributed by atoms with E-state index >= 15 is 0 Å². The van der Waals surface area contributed by atoms with E-state index in [-0.39, 0.29) is 18.3 Å². The van der Waals surface area contributed by atoms with Crippen molar-refractivity contribution in [1.29, 1.82) is 0 Å². The van der Waals surface area contributed by atoms with Gasteiger partial charge in [-0.15, -0.1) is 12.4 Å². The Balaban J connectivity index is 0.00000220. The van der Waals surface area contributed by atoms with Crippen LogP contribution in [0, 0.1) is 0 Å². The summed E-state index contributed by atoms with van der Waals surface area (Å²) in [5, 5.41) is 6.53. The number of benzene rings is 1. The molecular formula is C13H17ClN4O2S. The highest BCUT2D eigenvalue weighted by atomic mass is 35.5. The molecule has 0 unspecified atom stereocenters. The van der Waals surface area contributed by atoms with Gasteiger partial charge in [0.25, 0.3) is 0 Å². The molecule has 3 N–H and O–H groups in total. The topological polar surface area (TPSA) is 94.0 Å². The lowest BCUT2D eigenvalue weighted by Gasteiger charge is -2.11. The van der Waals surface area contributed by atoms with Gasteiger partial charge in [0.05, 0.1) is 6.04 Å². The van der Waals surface area contributed by atoms with Crippen LogP contribution in [0.5, 0.6) is 0 Å². The van der Waals surface area contributed by atoms with Crippen LogP contribution in [0.25, 0.3) is 11.4 Å². The van der Waals surface area contributed by atoms with Gasteiger partial charge in [0.1, 0.15) is 0 Å². The summed E-state index contributed by atoms with van der Waals surface area (Å²) < 4.78 is 4.68. The normalized spacial score (nSPS) is 11.5. The zero-order chi connectivity index (χ0) is 14.4. The number of carbonyl (C=O) groups is 1. The van der Waals surface area contributed by atoms with Crippen LogP contribution in [0.15, 0.2) is 35.2 Å². The summed E-state index contributed by atoms with van der Waals surface area (Å²) in [4.78, 5) is 15.8. The molecule has 1 aromatic heterocycles. The van der Waals surface area contributed by atoms with Crippen LogP contribution in [-0.2, 0) is 4.79 Å². The second-order valence-electron chi connectivity index (χ2n) is 4.21. The summed E-state index contributed by atoms with van der Waals surface area (Å²) >= 11 is 1.67. The first-order valence-corrected chi connectivity index (χ1v) is 7.52. The Morgan fingerprint density at radius 3 is 2.71 bits per heavy atom. The first kappa shape index (κ1) is 17.5. The van der Waals surface area contributed by atoms with Crippen LogP contribution < -0.4 is 11.1 Å². The molecule has 0 radical (unpaired) electrons. The third kappa shape index (κ3) is 5.04. The molecule has 0 aliphatic rings. The SMILES string of the molecule is CSCC[C@H](N)C(=O)Nc1ccc(-c2ncon2)cc1.Cl. The van der Waals surface area contributed by atoms with Crippen molar-refractivity contribution in [3.05, 3.63) is 30.7 Å². The first-order valence-electron chi connectivity index (χ1n) is 6.13. The minimum absolute atomic E-state index is 0. The molecule has 0 aliphatic heterocycles. The van der Waals surface area contributed by atoms with Gasteiger partial charge in [-0.05, 0) is 42.7 Å². The average Bonchev–Trinajstić information content (AvgIpc) is 2.99. The van der Waals surface area contributed by atoms with Gasteiger partial charge < -0.3 is 15.6 Å². The number of rotatable bonds is 6. The van der Waals surface area contributed by atoms with Gasteiger partial charge in [0.2, 0.25) is 18.1 Å². The number of nitrogens with one attached hydrogen (secondary N) is 1. The Morgan fingerprint density at radius 2 is 2.14 bits per heavy atom. The maximum Gasteiger partial charge on any atom is 0.241 e. The lowest BCUT2D eigenvalue weighted by atomic mass is 10.2. The lowest BCUT2D eigenvalue weighted by Crippen LogP contribution is -2.36. The Hall–Kier alpha value is -1.57. The molecule has 0 saturated heterocycles. The van der Waals surface area contributed by atoms with E-state index in [0.717, 1.165) is 11.3 Å². The lowest BCUT2D eigenvalue weighted by molar-refractivity contribution is -0.117. The van der Waals surface area contributed by atoms with E-state index in [1.54, 1.807) is 23.9 Å². The van der Waals surface area contributed by atoms with E-state index < -0.39 is 6.04 Å². The van der Waals surface area contributed by atoms with Crippen molar-refractivity contribution in [3.8, 4) is 11.4 Å². The second-order valence-corrected chi connectivity index (χ2v) is 5.19. The number of thioether (sulfide) groups is 1. The number of amides is 1. The zero-order valence-electron chi connectivity index (χ0n) is 11.5. The smallest absolute Gasteiger partial charge is 0.241 e. The third-order valence-electron chi connectivity index (χ3n) is 2.74. The number of nitrogens with zero attached hydrogens (tertiary/aromatic N) is 2. The Kier molecular flexibility index (Phi) is 7.21. The Labute approximate surface area is 133 Å². The van der Waals surface area contributed by atoms with Gasteiger partial charge in [-0.3, -0.25) is 4.79 Å². The number of anilines is 1. The van der Waals surface area contributed by atoms with E-state index in [9.17, 15) is 4.79 Å². The molecule has 1 heterocycles. The molecule has 8 heteroatoms. The largest absolute Gasteiger partial charge is 0.342 e. The third-order valence-corrected chi connectivity index (χ3v) is 3.39. The van der Waals surface area contributed by atoms with Crippen LogP contribution in [0.2, 0.25) is 0 Å². The maximum absolute atomic E-state index is 11.8. The fourth-order valence-corrected chi connectivity index (χ4v) is 2.10. The number of carbonyl (C=O) groups excluding carboxylic acids is 1. The molecule has 0 bridgehead atoms. The highest BCUT2D eigenvalue weighted by molar-refractivity contribution is 7.98. The summed E-state index contributed by atoms with van der Waals surface area (Å²) in [6.07, 6.45) is 3.92. The van der Waals surface area contributed by atoms with Gasteiger partial charge >= 0.3 is 0 Å². The minimum atomic E-state index is -0.487. The fourth-order valence-electron chi connectivity index (χ4n) is 1.61. The highest BCUT2D eigenvalue weighted by Crippen LogP contribution is 2.17. The van der Waals surface area contributed by atoms with Crippen LogP contribution in [0.3, 0.4) is 0 Å². The Bertz CT molecular complexity index is 548. The number of hydrogen-bond donors (Lipinski definition) is 2. The molecule has 0 spiro atoms. The molecule has 1 amide bonds. The predicted octanol–water partition coefficient (Wildman–Crippen LogP) is 2.18. The van der Waals surface area contributed by atoms with Gasteiger partial charge in [0.15, 0.2) is 0 Å². The number of halogens is 1. The van der Waals surface area contributed by atoms with E-state index in [2.05, 4.69) is 20.0 Å². The van der Waals surface area contributed by atoms with Crippen molar-refractivity contribution in [1.82, 2.24) is 10.1 Å². The van der Waals surface area contributed by atoms with Crippen molar-refractivity contribution in [2.45, 2.75) is 12.5 Å². The molecule has 1 atom stereocenters. The van der Waals surface area contributed by atoms with Crippen molar-refractivity contribution in [2.24, 2.45) is 5.73 Å².